The quantitative estimate of drug-likeness (QED) is 0.413. The monoisotopic (exact) mass is 484 g/mol. The summed E-state index contributed by atoms with van der Waals surface area (Å²) in [6.45, 7) is 6.19. The van der Waals surface area contributed by atoms with E-state index < -0.39 is 20.8 Å². The number of aryl methyl sites for hydroxylation is 1. The van der Waals surface area contributed by atoms with Crippen LogP contribution in [0.3, 0.4) is 0 Å². The normalized spacial score (nSPS) is 18.4. The summed E-state index contributed by atoms with van der Waals surface area (Å²) in [5.41, 5.74) is 3.70. The molecule has 8 heteroatoms. The van der Waals surface area contributed by atoms with E-state index in [1.165, 1.54) is 16.8 Å². The Bertz CT molecular complexity index is 1190. The van der Waals surface area contributed by atoms with E-state index in [9.17, 15) is 17.4 Å². The first-order valence-electron chi connectivity index (χ1n) is 11.0. The minimum absolute atomic E-state index is 0.290. The number of ether oxygens (including phenoxy) is 1. The van der Waals surface area contributed by atoms with Gasteiger partial charge in [0.05, 0.1) is 17.1 Å². The summed E-state index contributed by atoms with van der Waals surface area (Å²) in [7, 11) is -2.41. The van der Waals surface area contributed by atoms with Gasteiger partial charge in [-0.2, -0.15) is 0 Å². The lowest BCUT2D eigenvalue weighted by atomic mass is 10.1. The molecule has 0 aliphatic carbocycles. The minimum Gasteiger partial charge on any atom is -0.744 e. The number of pyridine rings is 1. The topological polar surface area (TPSA) is 73.5 Å². The number of halogens is 1. The number of morpholine rings is 1. The van der Waals surface area contributed by atoms with E-state index >= 15 is 0 Å². The smallest absolute Gasteiger partial charge is 0.169 e. The van der Waals surface area contributed by atoms with Crippen molar-refractivity contribution in [3.8, 4) is 0 Å². The van der Waals surface area contributed by atoms with E-state index in [0.29, 0.717) is 0 Å². The number of rotatable bonds is 4. The molecule has 2 heterocycles. The summed E-state index contributed by atoms with van der Waals surface area (Å²) >= 11 is 0. The molecule has 2 atom stereocenters. The summed E-state index contributed by atoms with van der Waals surface area (Å²) in [5.74, 6) is -0.572. The highest BCUT2D eigenvalue weighted by Crippen LogP contribution is 2.21. The number of hydrogen-bond acceptors (Lipinski definition) is 5. The van der Waals surface area contributed by atoms with Gasteiger partial charge in [0.25, 0.3) is 0 Å². The van der Waals surface area contributed by atoms with Crippen molar-refractivity contribution < 1.29 is 26.7 Å². The van der Waals surface area contributed by atoms with Gasteiger partial charge in [-0.05, 0) is 61.4 Å². The van der Waals surface area contributed by atoms with Gasteiger partial charge in [-0.25, -0.2) is 17.4 Å². The molecule has 0 unspecified atom stereocenters. The highest BCUT2D eigenvalue weighted by atomic mass is 32.2. The largest absolute Gasteiger partial charge is 0.744 e. The third-order valence-corrected chi connectivity index (χ3v) is 6.10. The third-order valence-electron chi connectivity index (χ3n) is 5.25. The van der Waals surface area contributed by atoms with Crippen molar-refractivity contribution in [1.82, 2.24) is 0 Å². The fourth-order valence-electron chi connectivity index (χ4n) is 3.60. The van der Waals surface area contributed by atoms with Crippen molar-refractivity contribution in [1.29, 1.82) is 0 Å². The van der Waals surface area contributed by atoms with Crippen LogP contribution in [0.1, 0.15) is 25.0 Å². The Morgan fingerprint density at radius 2 is 1.41 bits per heavy atom. The van der Waals surface area contributed by atoms with E-state index in [0.717, 1.165) is 37.4 Å². The van der Waals surface area contributed by atoms with Gasteiger partial charge in [-0.15, -0.1) is 0 Å². The Morgan fingerprint density at radius 1 is 0.912 bits per heavy atom. The van der Waals surface area contributed by atoms with Gasteiger partial charge in [0.1, 0.15) is 23.0 Å². The first-order valence-corrected chi connectivity index (χ1v) is 12.4. The van der Waals surface area contributed by atoms with Crippen LogP contribution in [0.4, 0.5) is 10.1 Å². The summed E-state index contributed by atoms with van der Waals surface area (Å²) in [4.78, 5) is 1.99. The molecule has 3 aromatic rings. The molecule has 1 saturated heterocycles. The van der Waals surface area contributed by atoms with Crippen LogP contribution in [0.5, 0.6) is 0 Å². The maximum Gasteiger partial charge on any atom is 0.169 e. The molecule has 1 aliphatic rings. The molecular formula is C26H29FN2O4S. The van der Waals surface area contributed by atoms with Gasteiger partial charge >= 0.3 is 0 Å². The molecule has 0 spiro atoms. The first-order chi connectivity index (χ1) is 16.1. The zero-order valence-electron chi connectivity index (χ0n) is 19.5. The summed E-state index contributed by atoms with van der Waals surface area (Å²) in [6.07, 6.45) is 9.00. The van der Waals surface area contributed by atoms with Gasteiger partial charge in [0, 0.05) is 30.9 Å². The Hall–Kier alpha value is -3.07. The fourth-order valence-corrected chi connectivity index (χ4v) is 4.07. The molecule has 0 radical (unpaired) electrons. The molecule has 180 valence electrons. The summed E-state index contributed by atoms with van der Waals surface area (Å²) in [5, 5.41) is 0. The number of nitrogens with zero attached hydrogens (tertiary/aromatic N) is 2. The van der Waals surface area contributed by atoms with Crippen LogP contribution in [-0.2, 0) is 21.9 Å². The molecule has 0 N–H and O–H groups in total. The molecule has 4 rings (SSSR count). The van der Waals surface area contributed by atoms with Crippen LogP contribution >= 0.6 is 0 Å². The van der Waals surface area contributed by atoms with Gasteiger partial charge in [0.15, 0.2) is 12.4 Å². The van der Waals surface area contributed by atoms with Crippen molar-refractivity contribution in [3.05, 3.63) is 90.0 Å². The molecule has 0 bridgehead atoms. The van der Waals surface area contributed by atoms with Crippen LogP contribution in [0.15, 0.2) is 78.0 Å². The number of benzene rings is 2. The standard InChI is InChI=1S/C20H25N2O.C6H5FO3S/c1-16-14-22(15-17(2)23-16)20-8-6-18(7-9-20)4-5-19-10-12-21(3)13-11-19;7-5-1-3-6(4-2-5)11(8,9)10/h4-13,16-17H,14-15H2,1-3H3;1-4H,(H,8,9,10)/q+1;/p-1/t16-,17+;. The lowest BCUT2D eigenvalue weighted by Crippen LogP contribution is -2.45. The first kappa shape index (κ1) is 25.6. The van der Waals surface area contributed by atoms with E-state index in [4.69, 9.17) is 4.74 Å². The second-order valence-electron chi connectivity index (χ2n) is 8.29. The van der Waals surface area contributed by atoms with E-state index in [-0.39, 0.29) is 12.2 Å². The predicted octanol–water partition coefficient (Wildman–Crippen LogP) is 4.02. The van der Waals surface area contributed by atoms with Crippen molar-refractivity contribution in [2.45, 2.75) is 31.0 Å². The lowest BCUT2D eigenvalue weighted by molar-refractivity contribution is -0.671. The molecule has 0 amide bonds. The second-order valence-corrected chi connectivity index (χ2v) is 9.67. The average molecular weight is 485 g/mol. The van der Waals surface area contributed by atoms with Crippen LogP contribution in [0, 0.1) is 5.82 Å². The summed E-state index contributed by atoms with van der Waals surface area (Å²) in [6, 6.07) is 16.7. The van der Waals surface area contributed by atoms with Crippen molar-refractivity contribution in [2.24, 2.45) is 7.05 Å². The van der Waals surface area contributed by atoms with Crippen molar-refractivity contribution in [2.75, 3.05) is 18.0 Å². The Kier molecular flexibility index (Phi) is 8.55. The molecule has 0 saturated carbocycles. The van der Waals surface area contributed by atoms with E-state index in [1.54, 1.807) is 0 Å². The molecule has 1 aromatic heterocycles. The SMILES string of the molecule is C[C@@H]1CN(c2ccc(C=Cc3cc[n+](C)cc3)cc2)C[C@H](C)O1.O=S(=O)([O-])c1ccc(F)cc1. The van der Waals surface area contributed by atoms with Crippen LogP contribution in [0.25, 0.3) is 12.2 Å². The van der Waals surface area contributed by atoms with Gasteiger partial charge < -0.3 is 14.2 Å². The summed E-state index contributed by atoms with van der Waals surface area (Å²) < 4.78 is 50.8. The molecule has 2 aromatic carbocycles. The number of anilines is 1. The predicted molar refractivity (Wildman–Crippen MR) is 130 cm³/mol. The zero-order valence-corrected chi connectivity index (χ0v) is 20.3. The molecule has 6 nitrogen and oxygen atoms in total. The number of aromatic nitrogens is 1. The molecular weight excluding hydrogens is 455 g/mol. The highest BCUT2D eigenvalue weighted by molar-refractivity contribution is 7.85. The lowest BCUT2D eigenvalue weighted by Gasteiger charge is -2.36. The van der Waals surface area contributed by atoms with Crippen molar-refractivity contribution >= 4 is 28.0 Å². The Morgan fingerprint density at radius 3 is 1.91 bits per heavy atom. The zero-order chi connectivity index (χ0) is 24.7. The van der Waals surface area contributed by atoms with Gasteiger partial charge in [-0.3, -0.25) is 0 Å². The Balaban J connectivity index is 0.000000248. The maximum absolute atomic E-state index is 12.2. The van der Waals surface area contributed by atoms with Gasteiger partial charge in [0.2, 0.25) is 0 Å². The minimum atomic E-state index is -4.44. The van der Waals surface area contributed by atoms with Gasteiger partial charge in [-0.1, -0.05) is 24.3 Å². The van der Waals surface area contributed by atoms with Crippen molar-refractivity contribution in [3.63, 3.8) is 0 Å². The van der Waals surface area contributed by atoms with Crippen LogP contribution in [-0.4, -0.2) is 38.3 Å². The third kappa shape index (κ3) is 7.76. The second kappa shape index (κ2) is 11.4. The maximum atomic E-state index is 12.2. The highest BCUT2D eigenvalue weighted by Gasteiger charge is 2.22. The average Bonchev–Trinajstić information content (AvgIpc) is 2.78. The molecule has 34 heavy (non-hydrogen) atoms. The number of hydrogen-bond donors (Lipinski definition) is 0. The molecule has 1 fully saturated rings. The van der Waals surface area contributed by atoms with E-state index in [1.807, 2.05) is 11.6 Å². The molecule has 1 aliphatic heterocycles. The Labute approximate surface area is 200 Å². The fraction of sp³-hybridized carbons (Fsp3) is 0.269. The van der Waals surface area contributed by atoms with Crippen LogP contribution < -0.4 is 9.47 Å². The van der Waals surface area contributed by atoms with E-state index in [2.05, 4.69) is 79.7 Å². The van der Waals surface area contributed by atoms with Crippen LogP contribution in [0.2, 0.25) is 0 Å².